The smallest absolute Gasteiger partial charge is 0.335 e. The summed E-state index contributed by atoms with van der Waals surface area (Å²) in [7, 11) is 0. The number of benzene rings is 3. The lowest BCUT2D eigenvalue weighted by Crippen LogP contribution is -2.07. The molecule has 0 fully saturated rings. The van der Waals surface area contributed by atoms with Crippen molar-refractivity contribution in [2.75, 3.05) is 0 Å². The normalized spacial score (nSPS) is 11.6. The summed E-state index contributed by atoms with van der Waals surface area (Å²) in [6, 6.07) is 19.9. The molecule has 0 aliphatic rings. The summed E-state index contributed by atoms with van der Waals surface area (Å²) in [5.74, 6) is -0.178. The monoisotopic (exact) mass is 506 g/mol. The molecule has 1 N–H and O–H groups in total. The summed E-state index contributed by atoms with van der Waals surface area (Å²) in [4.78, 5) is 20.3. The number of aromatic nitrogens is 4. The first-order valence-electron chi connectivity index (χ1n) is 11.9. The maximum Gasteiger partial charge on any atom is 0.335 e. The van der Waals surface area contributed by atoms with Crippen LogP contribution in [0.1, 0.15) is 30.0 Å². The molecule has 3 aromatic carbocycles. The van der Waals surface area contributed by atoms with Crippen LogP contribution in [0.25, 0.3) is 22.0 Å². The van der Waals surface area contributed by atoms with Crippen molar-refractivity contribution in [3.63, 3.8) is 0 Å². The Balaban J connectivity index is 1.69. The number of carbonyl (C=O) groups is 1. The van der Waals surface area contributed by atoms with Gasteiger partial charge in [0, 0.05) is 29.6 Å². The van der Waals surface area contributed by atoms with Crippen LogP contribution < -0.4 is 9.47 Å². The zero-order valence-corrected chi connectivity index (χ0v) is 20.5. The molecule has 38 heavy (non-hydrogen) atoms. The molecule has 0 spiro atoms. The molecule has 0 saturated heterocycles. The second-order valence-corrected chi connectivity index (χ2v) is 8.24. The average Bonchev–Trinajstić information content (AvgIpc) is 3.44. The Morgan fingerprint density at radius 1 is 1.00 bits per heavy atom. The first-order chi connectivity index (χ1) is 18.6. The standard InChI is InChI=1S/C30H23FN4O3/c1-3-21(19-10-12-20(13-11-19)37-30-32-16-7-17-33-30)28(22-8-5-6-9-26(22)38-27(36)4-2)23-14-15-25-24(29(23)31)18-34-35-25/h4-18H,2-3H2,1H3,(H,34,35)/b28-21+. The second-order valence-electron chi connectivity index (χ2n) is 8.24. The Morgan fingerprint density at radius 3 is 2.50 bits per heavy atom. The largest absolute Gasteiger partial charge is 0.424 e. The number of hydrogen-bond acceptors (Lipinski definition) is 6. The Labute approximate surface area is 218 Å². The van der Waals surface area contributed by atoms with Crippen LogP contribution in [0.3, 0.4) is 0 Å². The van der Waals surface area contributed by atoms with E-state index in [-0.39, 0.29) is 6.01 Å². The molecule has 0 aliphatic carbocycles. The van der Waals surface area contributed by atoms with Gasteiger partial charge >= 0.3 is 12.0 Å². The minimum absolute atomic E-state index is 0.237. The summed E-state index contributed by atoms with van der Waals surface area (Å²) in [5, 5.41) is 7.15. The summed E-state index contributed by atoms with van der Waals surface area (Å²) >= 11 is 0. The van der Waals surface area contributed by atoms with Crippen molar-refractivity contribution in [1.29, 1.82) is 0 Å². The lowest BCUT2D eigenvalue weighted by molar-refractivity contribution is -0.128. The van der Waals surface area contributed by atoms with Crippen LogP contribution in [-0.4, -0.2) is 26.1 Å². The van der Waals surface area contributed by atoms with Crippen molar-refractivity contribution in [2.45, 2.75) is 13.3 Å². The van der Waals surface area contributed by atoms with Gasteiger partial charge in [0.1, 0.15) is 17.3 Å². The molecule has 8 heteroatoms. The molecule has 7 nitrogen and oxygen atoms in total. The molecule has 0 amide bonds. The summed E-state index contributed by atoms with van der Waals surface area (Å²) < 4.78 is 27.3. The Hall–Kier alpha value is -5.11. The fraction of sp³-hybridized carbons (Fsp3) is 0.0667. The van der Waals surface area contributed by atoms with Gasteiger partial charge in [-0.05, 0) is 59.5 Å². The third-order valence-corrected chi connectivity index (χ3v) is 5.97. The topological polar surface area (TPSA) is 90.0 Å². The number of fused-ring (bicyclic) bond motifs is 1. The van der Waals surface area contributed by atoms with Crippen molar-refractivity contribution in [2.24, 2.45) is 0 Å². The highest BCUT2D eigenvalue weighted by molar-refractivity contribution is 6.02. The lowest BCUT2D eigenvalue weighted by atomic mass is 9.87. The van der Waals surface area contributed by atoms with Crippen molar-refractivity contribution in [1.82, 2.24) is 20.2 Å². The number of allylic oxidation sites excluding steroid dienone is 1. The Bertz CT molecular complexity index is 1640. The molecule has 0 unspecified atom stereocenters. The summed E-state index contributed by atoms with van der Waals surface area (Å²) in [6.45, 7) is 5.48. The SMILES string of the molecule is C=CC(=O)Oc1ccccc1/C(=C(/CC)c1ccc(Oc2ncccn2)cc1)c1ccc2[nH]ncc2c1F. The third-order valence-electron chi connectivity index (χ3n) is 5.97. The number of H-pyrrole nitrogens is 1. The Kier molecular flexibility index (Phi) is 7.04. The number of aromatic amines is 1. The van der Waals surface area contributed by atoms with E-state index in [1.165, 1.54) is 6.20 Å². The van der Waals surface area contributed by atoms with Gasteiger partial charge in [-0.3, -0.25) is 5.10 Å². The molecule has 0 atom stereocenters. The van der Waals surface area contributed by atoms with Gasteiger partial charge in [-0.15, -0.1) is 0 Å². The number of esters is 1. The molecule has 188 valence electrons. The van der Waals surface area contributed by atoms with Crippen LogP contribution in [0.5, 0.6) is 17.5 Å². The van der Waals surface area contributed by atoms with E-state index in [1.54, 1.807) is 60.9 Å². The molecule has 2 heterocycles. The van der Waals surface area contributed by atoms with E-state index >= 15 is 4.39 Å². The summed E-state index contributed by atoms with van der Waals surface area (Å²) in [6.07, 6.45) is 6.31. The number of carbonyl (C=O) groups excluding carboxylic acids is 1. The van der Waals surface area contributed by atoms with Gasteiger partial charge in [-0.25, -0.2) is 19.2 Å². The molecule has 0 bridgehead atoms. The van der Waals surface area contributed by atoms with Gasteiger partial charge < -0.3 is 9.47 Å². The Morgan fingerprint density at radius 2 is 1.76 bits per heavy atom. The first-order valence-corrected chi connectivity index (χ1v) is 11.9. The van der Waals surface area contributed by atoms with Crippen molar-refractivity contribution in [3.8, 4) is 17.5 Å². The molecule has 2 aromatic heterocycles. The van der Waals surface area contributed by atoms with E-state index < -0.39 is 11.8 Å². The molecule has 0 saturated carbocycles. The predicted molar refractivity (Wildman–Crippen MR) is 143 cm³/mol. The van der Waals surface area contributed by atoms with E-state index in [1.807, 2.05) is 25.1 Å². The predicted octanol–water partition coefficient (Wildman–Crippen LogP) is 6.74. The molecular formula is C30H23FN4O3. The van der Waals surface area contributed by atoms with Gasteiger partial charge in [0.15, 0.2) is 0 Å². The molecule has 5 aromatic rings. The molecule has 0 aliphatic heterocycles. The van der Waals surface area contributed by atoms with Crippen LogP contribution in [-0.2, 0) is 4.79 Å². The highest BCUT2D eigenvalue weighted by Crippen LogP contribution is 2.41. The zero-order valence-electron chi connectivity index (χ0n) is 20.5. The zero-order chi connectivity index (χ0) is 26.5. The second kappa shape index (κ2) is 10.9. The fourth-order valence-electron chi connectivity index (χ4n) is 4.25. The quantitative estimate of drug-likeness (QED) is 0.108. The van der Waals surface area contributed by atoms with Crippen molar-refractivity contribution < 1.29 is 18.7 Å². The maximum absolute atomic E-state index is 16.0. The average molecular weight is 507 g/mol. The highest BCUT2D eigenvalue weighted by Gasteiger charge is 2.22. The number of para-hydroxylation sites is 1. The molecule has 0 radical (unpaired) electrons. The van der Waals surface area contributed by atoms with Gasteiger partial charge in [-0.2, -0.15) is 5.10 Å². The molecule has 5 rings (SSSR count). The van der Waals surface area contributed by atoms with Crippen LogP contribution >= 0.6 is 0 Å². The number of rotatable bonds is 8. The van der Waals surface area contributed by atoms with E-state index in [9.17, 15) is 4.79 Å². The van der Waals surface area contributed by atoms with Gasteiger partial charge in [0.05, 0.1) is 17.1 Å². The highest BCUT2D eigenvalue weighted by atomic mass is 19.1. The number of halogens is 1. The van der Waals surface area contributed by atoms with Crippen molar-refractivity contribution in [3.05, 3.63) is 120 Å². The lowest BCUT2D eigenvalue weighted by Gasteiger charge is -2.19. The van der Waals surface area contributed by atoms with Crippen LogP contribution in [0, 0.1) is 5.82 Å². The summed E-state index contributed by atoms with van der Waals surface area (Å²) in [5.41, 5.74) is 3.80. The number of hydrogen-bond donors (Lipinski definition) is 1. The first kappa shape index (κ1) is 24.6. The minimum Gasteiger partial charge on any atom is -0.424 e. The van der Waals surface area contributed by atoms with Crippen molar-refractivity contribution >= 4 is 28.0 Å². The minimum atomic E-state index is -0.606. The number of nitrogens with one attached hydrogen (secondary N) is 1. The van der Waals surface area contributed by atoms with Crippen LogP contribution in [0.2, 0.25) is 0 Å². The number of nitrogens with zero attached hydrogens (tertiary/aromatic N) is 3. The maximum atomic E-state index is 16.0. The van der Waals surface area contributed by atoms with Gasteiger partial charge in [0.2, 0.25) is 0 Å². The van der Waals surface area contributed by atoms with Gasteiger partial charge in [0.25, 0.3) is 0 Å². The van der Waals surface area contributed by atoms with E-state index in [0.29, 0.717) is 45.5 Å². The van der Waals surface area contributed by atoms with Crippen LogP contribution in [0.4, 0.5) is 4.39 Å². The fourth-order valence-corrected chi connectivity index (χ4v) is 4.25. The van der Waals surface area contributed by atoms with E-state index in [2.05, 4.69) is 26.7 Å². The van der Waals surface area contributed by atoms with E-state index in [4.69, 9.17) is 9.47 Å². The third kappa shape index (κ3) is 4.92. The van der Waals surface area contributed by atoms with E-state index in [0.717, 1.165) is 17.2 Å². The van der Waals surface area contributed by atoms with Gasteiger partial charge in [-0.1, -0.05) is 43.8 Å². The molecular weight excluding hydrogens is 483 g/mol. The van der Waals surface area contributed by atoms with Crippen LogP contribution in [0.15, 0.2) is 98.0 Å². The number of ether oxygens (including phenoxy) is 2.